The van der Waals surface area contributed by atoms with Crippen LogP contribution in [0.5, 0.6) is 0 Å². The summed E-state index contributed by atoms with van der Waals surface area (Å²) in [5.74, 6) is 0.873. The lowest BCUT2D eigenvalue weighted by Crippen LogP contribution is -2.31. The Hall–Kier alpha value is -2.55. The number of fused-ring (bicyclic) bond motifs is 3. The van der Waals surface area contributed by atoms with E-state index >= 15 is 0 Å². The molecule has 1 heterocycles. The van der Waals surface area contributed by atoms with Crippen LogP contribution >= 0.6 is 0 Å². The molecule has 0 aromatic heterocycles. The number of benzene rings is 2. The van der Waals surface area contributed by atoms with E-state index in [-0.39, 0.29) is 5.91 Å². The number of carbonyl (C=O) groups excluding carboxylic acids is 1. The highest BCUT2D eigenvalue weighted by molar-refractivity contribution is 5.95. The monoisotopic (exact) mass is 374 g/mol. The largest absolute Gasteiger partial charge is 0.378 e. The molecule has 2 aromatic rings. The molecule has 0 saturated heterocycles. The maximum Gasteiger partial charge on any atom is 0.251 e. The van der Waals surface area contributed by atoms with Crippen molar-refractivity contribution < 1.29 is 4.79 Å². The predicted octanol–water partition coefficient (Wildman–Crippen LogP) is 5.58. The molecule has 28 heavy (non-hydrogen) atoms. The summed E-state index contributed by atoms with van der Waals surface area (Å²) < 4.78 is 0. The molecule has 2 N–H and O–H groups in total. The summed E-state index contributed by atoms with van der Waals surface area (Å²) in [6, 6.07) is 11.0. The molecule has 0 bridgehead atoms. The number of rotatable bonds is 4. The molecule has 3 unspecified atom stereocenters. The van der Waals surface area contributed by atoms with Crippen LogP contribution in [0, 0.1) is 26.7 Å². The highest BCUT2D eigenvalue weighted by Gasteiger charge is 2.39. The Kier molecular flexibility index (Phi) is 5.01. The summed E-state index contributed by atoms with van der Waals surface area (Å²) in [7, 11) is 0. The minimum Gasteiger partial charge on any atom is -0.378 e. The number of anilines is 1. The van der Waals surface area contributed by atoms with E-state index in [2.05, 4.69) is 74.7 Å². The van der Waals surface area contributed by atoms with Crippen molar-refractivity contribution in [2.24, 2.45) is 5.92 Å². The lowest BCUT2D eigenvalue weighted by Gasteiger charge is -2.39. The van der Waals surface area contributed by atoms with Gasteiger partial charge in [0.1, 0.15) is 0 Å². The van der Waals surface area contributed by atoms with Gasteiger partial charge in [-0.3, -0.25) is 4.79 Å². The zero-order chi connectivity index (χ0) is 19.8. The number of carbonyl (C=O) groups is 1. The van der Waals surface area contributed by atoms with Crippen LogP contribution < -0.4 is 10.6 Å². The van der Waals surface area contributed by atoms with Gasteiger partial charge >= 0.3 is 0 Å². The van der Waals surface area contributed by atoms with Gasteiger partial charge in [-0.05, 0) is 80.0 Å². The SMILES string of the molecule is CCCNC(=O)c1ccc2c(c1)C1C=CCC1C(c1c(C)cc(C)cc1C)N2. The minimum absolute atomic E-state index is 0.0236. The fraction of sp³-hybridized carbons (Fsp3) is 0.400. The Balaban J connectivity index is 1.72. The molecule has 0 fully saturated rings. The Bertz CT molecular complexity index is 921. The second-order valence-electron chi connectivity index (χ2n) is 8.35. The summed E-state index contributed by atoms with van der Waals surface area (Å²) in [6.07, 6.45) is 6.66. The van der Waals surface area contributed by atoms with Gasteiger partial charge in [0.25, 0.3) is 5.91 Å². The van der Waals surface area contributed by atoms with Crippen molar-refractivity contribution in [3.8, 4) is 0 Å². The molecule has 0 saturated carbocycles. The summed E-state index contributed by atoms with van der Waals surface area (Å²) in [6.45, 7) is 9.41. The van der Waals surface area contributed by atoms with Gasteiger partial charge in [0.2, 0.25) is 0 Å². The third kappa shape index (κ3) is 3.23. The van der Waals surface area contributed by atoms with Crippen molar-refractivity contribution in [2.45, 2.75) is 52.5 Å². The number of aryl methyl sites for hydroxylation is 3. The van der Waals surface area contributed by atoms with Crippen molar-refractivity contribution in [1.82, 2.24) is 5.32 Å². The molecular formula is C25H30N2O. The molecule has 1 amide bonds. The average Bonchev–Trinajstić information content (AvgIpc) is 3.15. The molecular weight excluding hydrogens is 344 g/mol. The van der Waals surface area contributed by atoms with Crippen molar-refractivity contribution >= 4 is 11.6 Å². The van der Waals surface area contributed by atoms with E-state index in [0.717, 1.165) is 24.1 Å². The first kappa shape index (κ1) is 18.8. The van der Waals surface area contributed by atoms with E-state index in [1.54, 1.807) is 0 Å². The van der Waals surface area contributed by atoms with Gasteiger partial charge < -0.3 is 10.6 Å². The lowest BCUT2D eigenvalue weighted by molar-refractivity contribution is 0.0953. The van der Waals surface area contributed by atoms with Gasteiger partial charge in [-0.25, -0.2) is 0 Å². The fourth-order valence-corrected chi connectivity index (χ4v) is 5.04. The van der Waals surface area contributed by atoms with Crippen LogP contribution in [0.15, 0.2) is 42.5 Å². The normalized spacial score (nSPS) is 22.4. The molecule has 2 aliphatic rings. The number of hydrogen-bond acceptors (Lipinski definition) is 2. The van der Waals surface area contributed by atoms with Crippen molar-refractivity contribution in [1.29, 1.82) is 0 Å². The molecule has 2 aromatic carbocycles. The number of nitrogens with one attached hydrogen (secondary N) is 2. The number of amides is 1. The second kappa shape index (κ2) is 7.46. The molecule has 146 valence electrons. The average molecular weight is 375 g/mol. The Labute approximate surface area is 168 Å². The first-order valence-corrected chi connectivity index (χ1v) is 10.4. The molecule has 0 radical (unpaired) electrons. The third-order valence-corrected chi connectivity index (χ3v) is 6.21. The minimum atomic E-state index is 0.0236. The summed E-state index contributed by atoms with van der Waals surface area (Å²) in [4.78, 5) is 12.4. The quantitative estimate of drug-likeness (QED) is 0.686. The third-order valence-electron chi connectivity index (χ3n) is 6.21. The van der Waals surface area contributed by atoms with Crippen LogP contribution in [0.4, 0.5) is 5.69 Å². The van der Waals surface area contributed by atoms with E-state index in [9.17, 15) is 4.79 Å². The summed E-state index contributed by atoms with van der Waals surface area (Å²) >= 11 is 0. The molecule has 1 aliphatic carbocycles. The Morgan fingerprint density at radius 1 is 1.14 bits per heavy atom. The van der Waals surface area contributed by atoms with Crippen molar-refractivity contribution in [3.63, 3.8) is 0 Å². The Morgan fingerprint density at radius 3 is 2.61 bits per heavy atom. The van der Waals surface area contributed by atoms with Crippen LogP contribution in [0.2, 0.25) is 0 Å². The Morgan fingerprint density at radius 2 is 1.89 bits per heavy atom. The van der Waals surface area contributed by atoms with Gasteiger partial charge in [0, 0.05) is 23.7 Å². The summed E-state index contributed by atoms with van der Waals surface area (Å²) in [5, 5.41) is 6.82. The van der Waals surface area contributed by atoms with Crippen LogP contribution in [0.25, 0.3) is 0 Å². The molecule has 4 rings (SSSR count). The van der Waals surface area contributed by atoms with Crippen molar-refractivity contribution in [2.75, 3.05) is 11.9 Å². The van der Waals surface area contributed by atoms with Crippen LogP contribution in [0.1, 0.15) is 69.9 Å². The summed E-state index contributed by atoms with van der Waals surface area (Å²) in [5.41, 5.74) is 8.64. The molecule has 3 atom stereocenters. The topological polar surface area (TPSA) is 41.1 Å². The second-order valence-corrected chi connectivity index (χ2v) is 8.35. The van der Waals surface area contributed by atoms with E-state index in [1.165, 1.54) is 27.8 Å². The van der Waals surface area contributed by atoms with E-state index < -0.39 is 0 Å². The number of allylic oxidation sites excluding steroid dienone is 2. The van der Waals surface area contributed by atoms with Gasteiger partial charge in [-0.15, -0.1) is 0 Å². The molecule has 0 spiro atoms. The first-order valence-electron chi connectivity index (χ1n) is 10.4. The van der Waals surface area contributed by atoms with Crippen molar-refractivity contribution in [3.05, 3.63) is 75.9 Å². The van der Waals surface area contributed by atoms with Gasteiger partial charge in [0.05, 0.1) is 6.04 Å². The zero-order valence-electron chi connectivity index (χ0n) is 17.3. The number of hydrogen-bond donors (Lipinski definition) is 2. The van der Waals surface area contributed by atoms with E-state index in [0.29, 0.717) is 24.4 Å². The van der Waals surface area contributed by atoms with E-state index in [4.69, 9.17) is 0 Å². The molecule has 1 aliphatic heterocycles. The van der Waals surface area contributed by atoms with Crippen LogP contribution in [-0.2, 0) is 0 Å². The van der Waals surface area contributed by atoms with Gasteiger partial charge in [-0.1, -0.05) is 36.8 Å². The highest BCUT2D eigenvalue weighted by Crippen LogP contribution is 2.51. The maximum atomic E-state index is 12.4. The highest BCUT2D eigenvalue weighted by atomic mass is 16.1. The smallest absolute Gasteiger partial charge is 0.251 e. The predicted molar refractivity (Wildman–Crippen MR) is 116 cm³/mol. The fourth-order valence-electron chi connectivity index (χ4n) is 5.04. The maximum absolute atomic E-state index is 12.4. The zero-order valence-corrected chi connectivity index (χ0v) is 17.3. The van der Waals surface area contributed by atoms with Gasteiger partial charge in [-0.2, -0.15) is 0 Å². The van der Waals surface area contributed by atoms with Gasteiger partial charge in [0.15, 0.2) is 0 Å². The first-order chi connectivity index (χ1) is 13.5. The van der Waals surface area contributed by atoms with Crippen LogP contribution in [-0.4, -0.2) is 12.5 Å². The lowest BCUT2D eigenvalue weighted by atomic mass is 9.75. The molecule has 3 nitrogen and oxygen atoms in total. The standard InChI is InChI=1S/C25H30N2O/c1-5-11-26-25(28)18-9-10-22-21(14-18)19-7-6-8-20(19)24(27-22)23-16(3)12-15(2)13-17(23)4/h6-7,9-10,12-14,19-20,24,27H,5,8,11H2,1-4H3,(H,26,28). The van der Waals surface area contributed by atoms with E-state index in [1.807, 2.05) is 6.07 Å². The molecule has 3 heteroatoms. The van der Waals surface area contributed by atoms with Crippen LogP contribution in [0.3, 0.4) is 0 Å².